The van der Waals surface area contributed by atoms with Crippen molar-refractivity contribution in [2.45, 2.75) is 36.8 Å². The van der Waals surface area contributed by atoms with Crippen LogP contribution in [0, 0.1) is 0 Å². The lowest BCUT2D eigenvalue weighted by Gasteiger charge is -2.40. The van der Waals surface area contributed by atoms with Gasteiger partial charge in [-0.15, -0.1) is 0 Å². The highest BCUT2D eigenvalue weighted by molar-refractivity contribution is 5.66. The average Bonchev–Trinajstić information content (AvgIpc) is 2.95. The molecule has 0 fully saturated rings. The number of ether oxygens (including phenoxy) is 2. The quantitative estimate of drug-likeness (QED) is 0.149. The first kappa shape index (κ1) is 28.5. The first-order valence-corrected chi connectivity index (χ1v) is 13.1. The predicted octanol–water partition coefficient (Wildman–Crippen LogP) is 2.41. The largest absolute Gasteiger partial charge is 0.508 e. The Kier molecular flexibility index (Phi) is 6.48. The normalized spacial score (nSPS) is 22.4. The number of aliphatic hydroxyl groups is 2. The summed E-state index contributed by atoms with van der Waals surface area (Å²) >= 11 is 0. The van der Waals surface area contributed by atoms with Crippen molar-refractivity contribution in [3.05, 3.63) is 70.3 Å². The summed E-state index contributed by atoms with van der Waals surface area (Å²) in [5, 5.41) is 126. The Morgan fingerprint density at radius 1 is 0.523 bits per heavy atom. The molecule has 4 aromatic rings. The molecular weight excluding hydrogens is 584 g/mol. The molecule has 0 saturated heterocycles. The monoisotopic (exact) mass is 610 g/mol. The minimum absolute atomic E-state index is 0.00153. The van der Waals surface area contributed by atoms with Crippen LogP contribution in [0.25, 0.3) is 0 Å². The van der Waals surface area contributed by atoms with Gasteiger partial charge in [0.1, 0.15) is 40.6 Å². The molecule has 230 valence electrons. The molecule has 0 amide bonds. The molecule has 2 aliphatic rings. The molecule has 0 radical (unpaired) electrons. The van der Waals surface area contributed by atoms with Gasteiger partial charge >= 0.3 is 0 Å². The predicted molar refractivity (Wildman–Crippen MR) is 147 cm³/mol. The maximum absolute atomic E-state index is 11.8. The average molecular weight is 611 g/mol. The maximum Gasteiger partial charge on any atom is 0.200 e. The standard InChI is InChI=1S/C30H26O14/c31-11-5-14(33)22-21(6-11)43-29(10-3-18(37)26(41)19(38)4-10)27(42)24(22)23-15(34)8-13(32)12-7-20(39)28(44-30(12)23)9-1-16(35)25(40)17(36)2-9/h1-6,8,20,24,27-29,31-42H,7H2/t20-,24-,27+,28+,29+/m0/s1. The Morgan fingerprint density at radius 2 is 1.05 bits per heavy atom. The molecule has 0 saturated carbocycles. The Hall–Kier alpha value is -5.60. The highest BCUT2D eigenvalue weighted by atomic mass is 16.5. The second-order valence-electron chi connectivity index (χ2n) is 10.6. The van der Waals surface area contributed by atoms with Crippen LogP contribution in [0.15, 0.2) is 42.5 Å². The molecule has 12 N–H and O–H groups in total. The summed E-state index contributed by atoms with van der Waals surface area (Å²) in [4.78, 5) is 0. The van der Waals surface area contributed by atoms with Crippen LogP contribution in [0.3, 0.4) is 0 Å². The van der Waals surface area contributed by atoms with Crippen LogP contribution in [-0.2, 0) is 6.42 Å². The summed E-state index contributed by atoms with van der Waals surface area (Å²) in [6, 6.07) is 7.08. The van der Waals surface area contributed by atoms with E-state index in [4.69, 9.17) is 9.47 Å². The minimum Gasteiger partial charge on any atom is -0.508 e. The molecule has 2 heterocycles. The SMILES string of the molecule is Oc1cc(O)c2c(c1)O[C@H](c1cc(O)c(O)c(O)c1)[C@H](O)[C@@H]2c1c(O)cc(O)c2c1O[C@H](c1cc(O)c(O)c(O)c1)[C@@H](O)C2. The fourth-order valence-electron chi connectivity index (χ4n) is 5.85. The van der Waals surface area contributed by atoms with E-state index in [1.807, 2.05) is 0 Å². The molecule has 0 aliphatic carbocycles. The van der Waals surface area contributed by atoms with Crippen molar-refractivity contribution in [1.29, 1.82) is 0 Å². The van der Waals surface area contributed by atoms with Crippen LogP contribution < -0.4 is 9.47 Å². The summed E-state index contributed by atoms with van der Waals surface area (Å²) in [7, 11) is 0. The van der Waals surface area contributed by atoms with E-state index in [0.29, 0.717) is 0 Å². The van der Waals surface area contributed by atoms with Crippen LogP contribution in [0.2, 0.25) is 0 Å². The van der Waals surface area contributed by atoms with Gasteiger partial charge in [-0.3, -0.25) is 0 Å². The molecule has 0 unspecified atom stereocenters. The Labute approximate surface area is 247 Å². The number of hydrogen-bond donors (Lipinski definition) is 12. The maximum atomic E-state index is 11.8. The number of aliphatic hydroxyl groups excluding tert-OH is 2. The molecule has 44 heavy (non-hydrogen) atoms. The highest BCUT2D eigenvalue weighted by Gasteiger charge is 2.46. The molecule has 2 aliphatic heterocycles. The Bertz CT molecular complexity index is 1770. The van der Waals surface area contributed by atoms with Crippen molar-refractivity contribution in [2.24, 2.45) is 0 Å². The van der Waals surface area contributed by atoms with Gasteiger partial charge in [0, 0.05) is 52.4 Å². The summed E-state index contributed by atoms with van der Waals surface area (Å²) in [6.45, 7) is 0. The zero-order valence-electron chi connectivity index (χ0n) is 22.3. The number of benzene rings is 4. The van der Waals surface area contributed by atoms with E-state index >= 15 is 0 Å². The van der Waals surface area contributed by atoms with Gasteiger partial charge in [-0.25, -0.2) is 0 Å². The Morgan fingerprint density at radius 3 is 1.61 bits per heavy atom. The van der Waals surface area contributed by atoms with Crippen molar-refractivity contribution in [3.63, 3.8) is 0 Å². The third kappa shape index (κ3) is 4.35. The van der Waals surface area contributed by atoms with Crippen molar-refractivity contribution in [1.82, 2.24) is 0 Å². The van der Waals surface area contributed by atoms with Crippen molar-refractivity contribution >= 4 is 0 Å². The lowest BCUT2D eigenvalue weighted by atomic mass is 9.77. The third-order valence-electron chi connectivity index (χ3n) is 7.86. The summed E-state index contributed by atoms with van der Waals surface area (Å²) in [5.74, 6) is -8.60. The van der Waals surface area contributed by atoms with E-state index in [2.05, 4.69) is 0 Å². The first-order valence-electron chi connectivity index (χ1n) is 13.1. The van der Waals surface area contributed by atoms with Gasteiger partial charge in [-0.05, 0) is 24.3 Å². The third-order valence-corrected chi connectivity index (χ3v) is 7.86. The topological polar surface area (TPSA) is 261 Å². The van der Waals surface area contributed by atoms with Crippen molar-refractivity contribution < 1.29 is 70.8 Å². The second-order valence-corrected chi connectivity index (χ2v) is 10.6. The van der Waals surface area contributed by atoms with Gasteiger partial charge in [0.15, 0.2) is 46.7 Å². The smallest absolute Gasteiger partial charge is 0.200 e. The number of phenols is 10. The molecule has 14 heteroatoms. The van der Waals surface area contributed by atoms with Gasteiger partial charge in [0.25, 0.3) is 0 Å². The van der Waals surface area contributed by atoms with Crippen LogP contribution in [0.1, 0.15) is 45.9 Å². The summed E-state index contributed by atoms with van der Waals surface area (Å²) < 4.78 is 12.0. The van der Waals surface area contributed by atoms with Crippen LogP contribution >= 0.6 is 0 Å². The molecule has 14 nitrogen and oxygen atoms in total. The van der Waals surface area contributed by atoms with Gasteiger partial charge < -0.3 is 70.8 Å². The number of phenolic OH excluding ortho intramolecular Hbond substituents is 10. The number of rotatable bonds is 3. The van der Waals surface area contributed by atoms with Crippen LogP contribution in [0.5, 0.6) is 69.0 Å². The second kappa shape index (κ2) is 10.00. The van der Waals surface area contributed by atoms with E-state index in [1.165, 1.54) is 0 Å². The van der Waals surface area contributed by atoms with E-state index in [1.54, 1.807) is 0 Å². The first-order chi connectivity index (χ1) is 20.8. The molecule has 0 spiro atoms. The van der Waals surface area contributed by atoms with Gasteiger partial charge in [-0.1, -0.05) is 0 Å². The molecule has 0 bridgehead atoms. The number of fused-ring (bicyclic) bond motifs is 2. The molecule has 4 aromatic carbocycles. The lowest BCUT2D eigenvalue weighted by Crippen LogP contribution is -2.36. The lowest BCUT2D eigenvalue weighted by molar-refractivity contribution is 0.00106. The summed E-state index contributed by atoms with van der Waals surface area (Å²) in [5.41, 5.74) is -0.410. The van der Waals surface area contributed by atoms with E-state index < -0.39 is 87.8 Å². The van der Waals surface area contributed by atoms with Crippen molar-refractivity contribution in [3.8, 4) is 69.0 Å². The molecular formula is C30H26O14. The van der Waals surface area contributed by atoms with Gasteiger partial charge in [0.05, 0.1) is 12.0 Å². The number of aromatic hydroxyl groups is 10. The zero-order chi connectivity index (χ0) is 31.8. The fourth-order valence-corrected chi connectivity index (χ4v) is 5.85. The van der Waals surface area contributed by atoms with E-state index in [0.717, 1.165) is 42.5 Å². The highest BCUT2D eigenvalue weighted by Crippen LogP contribution is 2.57. The zero-order valence-corrected chi connectivity index (χ0v) is 22.3. The van der Waals surface area contributed by atoms with Gasteiger partial charge in [-0.2, -0.15) is 0 Å². The van der Waals surface area contributed by atoms with Crippen LogP contribution in [-0.4, -0.2) is 73.5 Å². The van der Waals surface area contributed by atoms with Crippen LogP contribution in [0.4, 0.5) is 0 Å². The van der Waals surface area contributed by atoms with Gasteiger partial charge in [0.2, 0.25) is 0 Å². The summed E-state index contributed by atoms with van der Waals surface area (Å²) in [6.07, 6.45) is -6.26. The minimum atomic E-state index is -1.75. The Balaban J connectivity index is 1.56. The molecule has 6 rings (SSSR count). The number of hydrogen-bond acceptors (Lipinski definition) is 14. The van der Waals surface area contributed by atoms with E-state index in [9.17, 15) is 61.3 Å². The molecule has 0 aromatic heterocycles. The molecule has 5 atom stereocenters. The van der Waals surface area contributed by atoms with Crippen molar-refractivity contribution in [2.75, 3.05) is 0 Å². The fraction of sp³-hybridized carbons (Fsp3) is 0.200. The van der Waals surface area contributed by atoms with E-state index in [-0.39, 0.29) is 45.7 Å².